The van der Waals surface area contributed by atoms with Gasteiger partial charge in [-0.3, -0.25) is 9.59 Å². The number of carbonyl (C=O) groups excluding carboxylic acids is 3. The number of hydrogen-bond donors (Lipinski definition) is 2. The molecule has 2 atom stereocenters. The van der Waals surface area contributed by atoms with Crippen molar-refractivity contribution in [3.63, 3.8) is 0 Å². The first-order valence-electron chi connectivity index (χ1n) is 6.52. The molecule has 1 fully saturated rings. The summed E-state index contributed by atoms with van der Waals surface area (Å²) in [6, 6.07) is 6.08. The molecule has 0 unspecified atom stereocenters. The maximum atomic E-state index is 11.9. The van der Waals surface area contributed by atoms with E-state index in [2.05, 4.69) is 10.6 Å². The first-order chi connectivity index (χ1) is 9.97. The number of hydrogen-bond acceptors (Lipinski definition) is 4. The first kappa shape index (κ1) is 15.3. The molecule has 0 bridgehead atoms. The summed E-state index contributed by atoms with van der Waals surface area (Å²) < 4.78 is 5.05. The second kappa shape index (κ2) is 6.58. The van der Waals surface area contributed by atoms with Crippen molar-refractivity contribution in [2.45, 2.75) is 31.9 Å². The van der Waals surface area contributed by atoms with Crippen LogP contribution < -0.4 is 10.6 Å². The molecule has 0 aliphatic carbocycles. The minimum atomic E-state index is -0.980. The van der Waals surface area contributed by atoms with Gasteiger partial charge in [0.05, 0.1) is 10.7 Å². The third-order valence-electron chi connectivity index (χ3n) is 3.07. The van der Waals surface area contributed by atoms with Crippen molar-refractivity contribution in [1.29, 1.82) is 0 Å². The van der Waals surface area contributed by atoms with Crippen molar-refractivity contribution >= 4 is 35.1 Å². The second-order valence-corrected chi connectivity index (χ2v) is 5.11. The Morgan fingerprint density at radius 2 is 2.14 bits per heavy atom. The molecule has 1 aromatic rings. The van der Waals surface area contributed by atoms with Crippen LogP contribution in [-0.4, -0.2) is 29.9 Å². The van der Waals surface area contributed by atoms with Gasteiger partial charge in [-0.2, -0.15) is 0 Å². The largest absolute Gasteiger partial charge is 0.451 e. The lowest BCUT2D eigenvalue weighted by atomic mass is 10.2. The smallest absolute Gasteiger partial charge is 0.329 e. The molecular formula is C14H15ClN2O4. The van der Waals surface area contributed by atoms with E-state index in [1.807, 2.05) is 0 Å². The van der Waals surface area contributed by atoms with E-state index < -0.39 is 24.0 Å². The van der Waals surface area contributed by atoms with E-state index in [4.69, 9.17) is 16.3 Å². The molecule has 1 aromatic carbocycles. The molecule has 0 radical (unpaired) electrons. The fourth-order valence-electron chi connectivity index (χ4n) is 1.90. The Kier molecular flexibility index (Phi) is 4.80. The summed E-state index contributed by atoms with van der Waals surface area (Å²) in [6.07, 6.45) is -0.303. The Morgan fingerprint density at radius 3 is 2.76 bits per heavy atom. The van der Waals surface area contributed by atoms with Crippen molar-refractivity contribution in [3.8, 4) is 0 Å². The van der Waals surface area contributed by atoms with E-state index in [1.54, 1.807) is 24.3 Å². The van der Waals surface area contributed by atoms with Crippen molar-refractivity contribution in [3.05, 3.63) is 29.3 Å². The summed E-state index contributed by atoms with van der Waals surface area (Å²) in [4.78, 5) is 34.8. The van der Waals surface area contributed by atoms with E-state index in [9.17, 15) is 14.4 Å². The van der Waals surface area contributed by atoms with Crippen LogP contribution in [0.3, 0.4) is 0 Å². The molecule has 2 N–H and O–H groups in total. The molecule has 6 nitrogen and oxygen atoms in total. The maximum Gasteiger partial charge on any atom is 0.329 e. The third kappa shape index (κ3) is 3.95. The molecule has 0 saturated carbocycles. The Balaban J connectivity index is 1.89. The quantitative estimate of drug-likeness (QED) is 0.825. The number of ether oxygens (including phenoxy) is 1. The molecule has 0 spiro atoms. The Labute approximate surface area is 126 Å². The van der Waals surface area contributed by atoms with Gasteiger partial charge in [-0.25, -0.2) is 4.79 Å². The van der Waals surface area contributed by atoms with Crippen molar-refractivity contribution in [2.24, 2.45) is 0 Å². The Bertz CT molecular complexity index is 576. The summed E-state index contributed by atoms with van der Waals surface area (Å²) in [7, 11) is 0. The van der Waals surface area contributed by atoms with Crippen LogP contribution in [0, 0.1) is 0 Å². The first-order valence-corrected chi connectivity index (χ1v) is 6.90. The number of carbonyl (C=O) groups is 3. The average molecular weight is 311 g/mol. The zero-order valence-electron chi connectivity index (χ0n) is 11.4. The number of para-hydroxylation sites is 1. The number of nitrogens with one attached hydrogen (secondary N) is 2. The molecule has 1 aliphatic rings. The van der Waals surface area contributed by atoms with Gasteiger partial charge in [0.2, 0.25) is 5.91 Å². The maximum absolute atomic E-state index is 11.9. The molecule has 2 rings (SSSR count). The van der Waals surface area contributed by atoms with E-state index in [0.717, 1.165) is 0 Å². The minimum Gasteiger partial charge on any atom is -0.451 e. The van der Waals surface area contributed by atoms with Crippen LogP contribution in [0.25, 0.3) is 0 Å². The minimum absolute atomic E-state index is 0.190. The number of halogens is 1. The number of anilines is 1. The van der Waals surface area contributed by atoms with E-state index in [1.165, 1.54) is 6.92 Å². The van der Waals surface area contributed by atoms with Gasteiger partial charge in [-0.15, -0.1) is 0 Å². The SMILES string of the molecule is C[C@H](OC(=O)[C@@H]1CCC(=O)N1)C(=O)Nc1ccccc1Cl. The normalized spacial score (nSPS) is 18.8. The molecule has 112 valence electrons. The van der Waals surface area contributed by atoms with Gasteiger partial charge in [0, 0.05) is 6.42 Å². The highest BCUT2D eigenvalue weighted by Gasteiger charge is 2.30. The number of rotatable bonds is 4. The summed E-state index contributed by atoms with van der Waals surface area (Å²) in [5.74, 6) is -1.28. The lowest BCUT2D eigenvalue weighted by Gasteiger charge is -2.16. The van der Waals surface area contributed by atoms with Gasteiger partial charge in [-0.1, -0.05) is 23.7 Å². The van der Waals surface area contributed by atoms with Crippen LogP contribution in [-0.2, 0) is 19.1 Å². The van der Waals surface area contributed by atoms with E-state index in [0.29, 0.717) is 23.6 Å². The van der Waals surface area contributed by atoms with Crippen LogP contribution >= 0.6 is 11.6 Å². The summed E-state index contributed by atoms with van der Waals surface area (Å²) in [5.41, 5.74) is 0.446. The topological polar surface area (TPSA) is 84.5 Å². The van der Waals surface area contributed by atoms with Crippen LogP contribution in [0.5, 0.6) is 0 Å². The van der Waals surface area contributed by atoms with E-state index >= 15 is 0 Å². The molecule has 1 heterocycles. The molecule has 7 heteroatoms. The predicted molar refractivity (Wildman–Crippen MR) is 76.8 cm³/mol. The van der Waals surface area contributed by atoms with Crippen LogP contribution in [0.2, 0.25) is 5.02 Å². The van der Waals surface area contributed by atoms with Gasteiger partial charge in [-0.05, 0) is 25.5 Å². The molecule has 1 saturated heterocycles. The summed E-state index contributed by atoms with van der Waals surface area (Å²) >= 11 is 5.93. The molecule has 21 heavy (non-hydrogen) atoms. The van der Waals surface area contributed by atoms with Crippen LogP contribution in [0.1, 0.15) is 19.8 Å². The molecule has 1 aliphatic heterocycles. The standard InChI is InChI=1S/C14H15ClN2O4/c1-8(21-14(20)11-6-7-12(18)16-11)13(19)17-10-5-3-2-4-9(10)15/h2-5,8,11H,6-7H2,1H3,(H,16,18)(H,17,19)/t8-,11-/m0/s1. The van der Waals surface area contributed by atoms with Crippen molar-refractivity contribution in [1.82, 2.24) is 5.32 Å². The van der Waals surface area contributed by atoms with Crippen LogP contribution in [0.4, 0.5) is 5.69 Å². The van der Waals surface area contributed by atoms with Gasteiger partial charge in [0.25, 0.3) is 5.91 Å². The Hall–Kier alpha value is -2.08. The zero-order valence-corrected chi connectivity index (χ0v) is 12.1. The number of benzene rings is 1. The second-order valence-electron chi connectivity index (χ2n) is 4.71. The lowest BCUT2D eigenvalue weighted by molar-refractivity contribution is -0.155. The van der Waals surface area contributed by atoms with Gasteiger partial charge in [0.15, 0.2) is 6.10 Å². The van der Waals surface area contributed by atoms with Gasteiger partial charge < -0.3 is 15.4 Å². The summed E-state index contributed by atoms with van der Waals surface area (Å²) in [6.45, 7) is 1.46. The van der Waals surface area contributed by atoms with Gasteiger partial charge >= 0.3 is 5.97 Å². The summed E-state index contributed by atoms with van der Waals surface area (Å²) in [5, 5.41) is 5.47. The highest BCUT2D eigenvalue weighted by Crippen LogP contribution is 2.20. The zero-order chi connectivity index (χ0) is 15.4. The molecular weight excluding hydrogens is 296 g/mol. The average Bonchev–Trinajstić information content (AvgIpc) is 2.88. The lowest BCUT2D eigenvalue weighted by Crippen LogP contribution is -2.39. The van der Waals surface area contributed by atoms with Crippen molar-refractivity contribution in [2.75, 3.05) is 5.32 Å². The third-order valence-corrected chi connectivity index (χ3v) is 3.40. The monoisotopic (exact) mass is 310 g/mol. The fraction of sp³-hybridized carbons (Fsp3) is 0.357. The number of esters is 1. The predicted octanol–water partition coefficient (Wildman–Crippen LogP) is 1.49. The Morgan fingerprint density at radius 1 is 1.43 bits per heavy atom. The molecule has 0 aromatic heterocycles. The van der Waals surface area contributed by atoms with Gasteiger partial charge in [0.1, 0.15) is 6.04 Å². The highest BCUT2D eigenvalue weighted by molar-refractivity contribution is 6.33. The van der Waals surface area contributed by atoms with Crippen molar-refractivity contribution < 1.29 is 19.1 Å². The van der Waals surface area contributed by atoms with E-state index in [-0.39, 0.29) is 5.91 Å². The van der Waals surface area contributed by atoms with Crippen LogP contribution in [0.15, 0.2) is 24.3 Å². The fourth-order valence-corrected chi connectivity index (χ4v) is 2.08. The number of amides is 2. The highest BCUT2D eigenvalue weighted by atomic mass is 35.5. The molecule has 2 amide bonds.